The Kier molecular flexibility index (Phi) is 4.83. The highest BCUT2D eigenvalue weighted by Gasteiger charge is 2.23. The smallest absolute Gasteiger partial charge is 0.255 e. The number of hydrogen-bond donors (Lipinski definition) is 1. The van der Waals surface area contributed by atoms with Gasteiger partial charge in [-0.05, 0) is 32.0 Å². The second kappa shape index (κ2) is 6.41. The first-order valence-corrected chi connectivity index (χ1v) is 7.16. The molecule has 110 valence electrons. The number of pyridine rings is 1. The zero-order chi connectivity index (χ0) is 14.7. The number of carbonyl (C=O) groups excluding carboxylic acids is 1. The lowest BCUT2D eigenvalue weighted by Gasteiger charge is -2.21. The van der Waals surface area contributed by atoms with E-state index in [9.17, 15) is 4.79 Å². The summed E-state index contributed by atoms with van der Waals surface area (Å²) >= 11 is 6.07. The van der Waals surface area contributed by atoms with Crippen LogP contribution in [-0.4, -0.2) is 61.5 Å². The molecular formula is C14H21ClN4O. The zero-order valence-electron chi connectivity index (χ0n) is 12.2. The standard InChI is InChI=1S/C14H21ClN4O/c1-16-13-12(15)6-11(7-17-13)14(20)19(3)9-10-4-5-18(2)8-10/h6-7,10H,4-5,8-9H2,1-3H3,(H,16,17). The molecule has 1 aliphatic rings. The Labute approximate surface area is 124 Å². The second-order valence-corrected chi connectivity index (χ2v) is 5.81. The van der Waals surface area contributed by atoms with Crippen molar-refractivity contribution in [2.75, 3.05) is 46.1 Å². The summed E-state index contributed by atoms with van der Waals surface area (Å²) in [5.74, 6) is 1.11. The molecule has 1 fully saturated rings. The fourth-order valence-corrected chi connectivity index (χ4v) is 2.87. The molecule has 0 spiro atoms. The number of halogens is 1. The minimum absolute atomic E-state index is 0.0309. The van der Waals surface area contributed by atoms with E-state index in [1.54, 1.807) is 24.2 Å². The van der Waals surface area contributed by atoms with Gasteiger partial charge in [-0.1, -0.05) is 11.6 Å². The van der Waals surface area contributed by atoms with Crippen molar-refractivity contribution in [2.24, 2.45) is 5.92 Å². The molecule has 6 heteroatoms. The van der Waals surface area contributed by atoms with Gasteiger partial charge in [0.25, 0.3) is 5.91 Å². The van der Waals surface area contributed by atoms with Crippen molar-refractivity contribution in [1.82, 2.24) is 14.8 Å². The Morgan fingerprint density at radius 1 is 1.65 bits per heavy atom. The molecule has 1 saturated heterocycles. The van der Waals surface area contributed by atoms with E-state index in [1.807, 2.05) is 7.05 Å². The van der Waals surface area contributed by atoms with Crippen molar-refractivity contribution < 1.29 is 4.79 Å². The van der Waals surface area contributed by atoms with Crippen LogP contribution in [0.5, 0.6) is 0 Å². The van der Waals surface area contributed by atoms with Gasteiger partial charge in [-0.25, -0.2) is 4.98 Å². The van der Waals surface area contributed by atoms with Gasteiger partial charge in [-0.2, -0.15) is 0 Å². The van der Waals surface area contributed by atoms with Gasteiger partial charge in [0, 0.05) is 33.4 Å². The molecule has 0 bridgehead atoms. The van der Waals surface area contributed by atoms with Crippen LogP contribution >= 0.6 is 11.6 Å². The monoisotopic (exact) mass is 296 g/mol. The highest BCUT2D eigenvalue weighted by Crippen LogP contribution is 2.21. The van der Waals surface area contributed by atoms with Crippen molar-refractivity contribution in [2.45, 2.75) is 6.42 Å². The lowest BCUT2D eigenvalue weighted by molar-refractivity contribution is 0.0773. The minimum Gasteiger partial charge on any atom is -0.372 e. The van der Waals surface area contributed by atoms with Crippen molar-refractivity contribution >= 4 is 23.3 Å². The number of aromatic nitrogens is 1. The third-order valence-corrected chi connectivity index (χ3v) is 3.98. The Morgan fingerprint density at radius 3 is 2.95 bits per heavy atom. The number of carbonyl (C=O) groups is 1. The maximum absolute atomic E-state index is 12.4. The normalized spacial score (nSPS) is 19.1. The van der Waals surface area contributed by atoms with E-state index in [4.69, 9.17) is 11.6 Å². The van der Waals surface area contributed by atoms with Gasteiger partial charge in [-0.3, -0.25) is 4.79 Å². The Balaban J connectivity index is 2.01. The molecule has 0 saturated carbocycles. The third kappa shape index (κ3) is 3.41. The maximum Gasteiger partial charge on any atom is 0.255 e. The number of amides is 1. The van der Waals surface area contributed by atoms with E-state index in [2.05, 4.69) is 22.2 Å². The molecule has 20 heavy (non-hydrogen) atoms. The first kappa shape index (κ1) is 15.1. The molecule has 1 N–H and O–H groups in total. The van der Waals surface area contributed by atoms with E-state index in [0.717, 1.165) is 26.1 Å². The van der Waals surface area contributed by atoms with Crippen LogP contribution in [0.4, 0.5) is 5.82 Å². The molecule has 0 aromatic carbocycles. The lowest BCUT2D eigenvalue weighted by Crippen LogP contribution is -2.32. The van der Waals surface area contributed by atoms with E-state index in [-0.39, 0.29) is 5.91 Å². The highest BCUT2D eigenvalue weighted by molar-refractivity contribution is 6.33. The minimum atomic E-state index is -0.0309. The summed E-state index contributed by atoms with van der Waals surface area (Å²) in [5.41, 5.74) is 0.530. The summed E-state index contributed by atoms with van der Waals surface area (Å²) < 4.78 is 0. The van der Waals surface area contributed by atoms with E-state index in [0.29, 0.717) is 22.3 Å². The van der Waals surface area contributed by atoms with Crippen LogP contribution < -0.4 is 5.32 Å². The molecular weight excluding hydrogens is 276 g/mol. The summed E-state index contributed by atoms with van der Waals surface area (Å²) in [6, 6.07) is 1.67. The van der Waals surface area contributed by atoms with Gasteiger partial charge in [-0.15, -0.1) is 0 Å². The number of rotatable bonds is 4. The molecule has 2 rings (SSSR count). The average molecular weight is 297 g/mol. The predicted octanol–water partition coefficient (Wildman–Crippen LogP) is 1.80. The number of nitrogens with zero attached hydrogens (tertiary/aromatic N) is 3. The molecule has 1 atom stereocenters. The van der Waals surface area contributed by atoms with Gasteiger partial charge < -0.3 is 15.1 Å². The van der Waals surface area contributed by atoms with Crippen LogP contribution in [0.3, 0.4) is 0 Å². The van der Waals surface area contributed by atoms with Crippen molar-refractivity contribution in [3.05, 3.63) is 22.8 Å². The first-order valence-electron chi connectivity index (χ1n) is 6.78. The Bertz CT molecular complexity index is 494. The number of hydrogen-bond acceptors (Lipinski definition) is 4. The van der Waals surface area contributed by atoms with Crippen molar-refractivity contribution in [3.63, 3.8) is 0 Å². The molecule has 0 aliphatic carbocycles. The molecule has 1 aromatic heterocycles. The van der Waals surface area contributed by atoms with Crippen molar-refractivity contribution in [3.8, 4) is 0 Å². The van der Waals surface area contributed by atoms with Crippen LogP contribution in [0, 0.1) is 5.92 Å². The second-order valence-electron chi connectivity index (χ2n) is 5.41. The number of nitrogens with one attached hydrogen (secondary N) is 1. The lowest BCUT2D eigenvalue weighted by atomic mass is 10.1. The third-order valence-electron chi connectivity index (χ3n) is 3.69. The molecule has 1 aromatic rings. The van der Waals surface area contributed by atoms with Gasteiger partial charge in [0.15, 0.2) is 0 Å². The number of likely N-dealkylation sites (tertiary alicyclic amines) is 1. The summed E-state index contributed by atoms with van der Waals surface area (Å²) in [7, 11) is 5.70. The fraction of sp³-hybridized carbons (Fsp3) is 0.571. The van der Waals surface area contributed by atoms with Gasteiger partial charge in [0.1, 0.15) is 5.82 Å². The largest absolute Gasteiger partial charge is 0.372 e. The molecule has 1 amide bonds. The summed E-state index contributed by atoms with van der Waals surface area (Å²) in [6.45, 7) is 2.93. The topological polar surface area (TPSA) is 48.5 Å². The molecule has 2 heterocycles. The zero-order valence-corrected chi connectivity index (χ0v) is 12.9. The van der Waals surface area contributed by atoms with Crippen LogP contribution in [0.25, 0.3) is 0 Å². The van der Waals surface area contributed by atoms with Gasteiger partial charge in [0.2, 0.25) is 0 Å². The average Bonchev–Trinajstić information content (AvgIpc) is 2.83. The quantitative estimate of drug-likeness (QED) is 0.920. The van der Waals surface area contributed by atoms with Crippen LogP contribution in [-0.2, 0) is 0 Å². The fourth-order valence-electron chi connectivity index (χ4n) is 2.60. The maximum atomic E-state index is 12.4. The first-order chi connectivity index (χ1) is 9.51. The van der Waals surface area contributed by atoms with Crippen LogP contribution in [0.15, 0.2) is 12.3 Å². The SMILES string of the molecule is CNc1ncc(C(=O)N(C)CC2CCN(C)C2)cc1Cl. The summed E-state index contributed by atoms with van der Waals surface area (Å²) in [5, 5.41) is 3.35. The highest BCUT2D eigenvalue weighted by atomic mass is 35.5. The van der Waals surface area contributed by atoms with Crippen LogP contribution in [0.1, 0.15) is 16.8 Å². The summed E-state index contributed by atoms with van der Waals surface area (Å²) in [4.78, 5) is 20.6. The molecule has 1 aliphatic heterocycles. The van der Waals surface area contributed by atoms with E-state index in [1.165, 1.54) is 0 Å². The van der Waals surface area contributed by atoms with Crippen LogP contribution in [0.2, 0.25) is 5.02 Å². The van der Waals surface area contributed by atoms with E-state index < -0.39 is 0 Å². The van der Waals surface area contributed by atoms with Crippen molar-refractivity contribution in [1.29, 1.82) is 0 Å². The Hall–Kier alpha value is -1.33. The molecule has 5 nitrogen and oxygen atoms in total. The molecule has 1 unspecified atom stereocenters. The van der Waals surface area contributed by atoms with Gasteiger partial charge in [0.05, 0.1) is 10.6 Å². The number of anilines is 1. The van der Waals surface area contributed by atoms with Gasteiger partial charge >= 0.3 is 0 Å². The summed E-state index contributed by atoms with van der Waals surface area (Å²) in [6.07, 6.45) is 2.71. The Morgan fingerprint density at radius 2 is 2.40 bits per heavy atom. The predicted molar refractivity (Wildman–Crippen MR) is 81.4 cm³/mol. The molecule has 0 radical (unpaired) electrons. The van der Waals surface area contributed by atoms with E-state index >= 15 is 0 Å².